The molecule has 0 aliphatic heterocycles. The molecule has 2 heterocycles. The molecule has 0 aliphatic rings. The summed E-state index contributed by atoms with van der Waals surface area (Å²) in [5.41, 5.74) is 1.45. The fourth-order valence-electron chi connectivity index (χ4n) is 2.86. The lowest BCUT2D eigenvalue weighted by atomic mass is 10.2. The number of halogens is 3. The lowest BCUT2D eigenvalue weighted by molar-refractivity contribution is -0.153. The molecule has 0 atom stereocenters. The lowest BCUT2D eigenvalue weighted by Crippen LogP contribution is -2.19. The molecule has 0 unspecified atom stereocenters. The molecular weight excluding hydrogens is 399 g/mol. The maximum atomic E-state index is 12.4. The number of fused-ring (bicyclic) bond motifs is 1. The van der Waals surface area contributed by atoms with Crippen LogP contribution in [0.25, 0.3) is 16.7 Å². The standard InChI is InChI=1S/C20H16F3N5O2/c21-20(22,23)12-30-15-8-4-5-13(9-15)10-24-19-26-17-16(18(29)27-19)11-25-28(17)14-6-2-1-3-7-14/h1-9,11H,10,12H2,(H2,24,26,27,29). The van der Waals surface area contributed by atoms with E-state index in [0.717, 1.165) is 5.69 Å². The van der Waals surface area contributed by atoms with Crippen molar-refractivity contribution >= 4 is 17.0 Å². The predicted molar refractivity (Wildman–Crippen MR) is 105 cm³/mol. The normalized spacial score (nSPS) is 11.6. The third kappa shape index (κ3) is 4.43. The summed E-state index contributed by atoms with van der Waals surface area (Å²) in [7, 11) is 0. The number of ether oxygens (including phenoxy) is 1. The van der Waals surface area contributed by atoms with Gasteiger partial charge in [0, 0.05) is 6.54 Å². The number of benzene rings is 2. The minimum absolute atomic E-state index is 0.102. The zero-order valence-electron chi connectivity index (χ0n) is 15.5. The zero-order chi connectivity index (χ0) is 21.1. The number of rotatable bonds is 6. The van der Waals surface area contributed by atoms with Gasteiger partial charge in [-0.15, -0.1) is 0 Å². The van der Waals surface area contributed by atoms with Gasteiger partial charge in [-0.1, -0.05) is 30.3 Å². The van der Waals surface area contributed by atoms with E-state index < -0.39 is 12.8 Å². The molecule has 2 aromatic carbocycles. The second-order valence-electron chi connectivity index (χ2n) is 6.45. The maximum Gasteiger partial charge on any atom is 0.422 e. The first-order valence-corrected chi connectivity index (χ1v) is 8.95. The summed E-state index contributed by atoms with van der Waals surface area (Å²) >= 11 is 0. The van der Waals surface area contributed by atoms with Gasteiger partial charge in [0.25, 0.3) is 5.56 Å². The quantitative estimate of drug-likeness (QED) is 0.502. The highest BCUT2D eigenvalue weighted by atomic mass is 19.4. The number of anilines is 1. The van der Waals surface area contributed by atoms with Crippen LogP contribution >= 0.6 is 0 Å². The predicted octanol–water partition coefficient (Wildman–Crippen LogP) is 3.66. The van der Waals surface area contributed by atoms with Crippen LogP contribution in [0.5, 0.6) is 5.75 Å². The van der Waals surface area contributed by atoms with Crippen LogP contribution in [-0.4, -0.2) is 32.5 Å². The second kappa shape index (κ2) is 7.90. The molecule has 2 aromatic heterocycles. The summed E-state index contributed by atoms with van der Waals surface area (Å²) in [6.07, 6.45) is -2.96. The van der Waals surface area contributed by atoms with Crippen LogP contribution in [0.3, 0.4) is 0 Å². The van der Waals surface area contributed by atoms with Crippen molar-refractivity contribution in [3.05, 3.63) is 76.7 Å². The number of para-hydroxylation sites is 1. The minimum Gasteiger partial charge on any atom is -0.484 e. The van der Waals surface area contributed by atoms with Crippen molar-refractivity contribution in [2.24, 2.45) is 0 Å². The number of aromatic nitrogens is 4. The van der Waals surface area contributed by atoms with Crippen LogP contribution in [0.1, 0.15) is 5.56 Å². The first-order valence-electron chi connectivity index (χ1n) is 8.95. The van der Waals surface area contributed by atoms with E-state index in [2.05, 4.69) is 20.4 Å². The van der Waals surface area contributed by atoms with Crippen molar-refractivity contribution in [1.82, 2.24) is 19.7 Å². The fraction of sp³-hybridized carbons (Fsp3) is 0.150. The number of hydrogen-bond donors (Lipinski definition) is 2. The van der Waals surface area contributed by atoms with E-state index in [4.69, 9.17) is 4.74 Å². The van der Waals surface area contributed by atoms with Gasteiger partial charge in [-0.05, 0) is 29.8 Å². The van der Waals surface area contributed by atoms with Crippen molar-refractivity contribution in [2.45, 2.75) is 12.7 Å². The van der Waals surface area contributed by atoms with Crippen LogP contribution in [0.15, 0.2) is 65.6 Å². The maximum absolute atomic E-state index is 12.4. The van der Waals surface area contributed by atoms with E-state index in [1.165, 1.54) is 18.3 Å². The summed E-state index contributed by atoms with van der Waals surface area (Å²) in [4.78, 5) is 19.4. The Morgan fingerprint density at radius 3 is 2.67 bits per heavy atom. The number of nitrogens with zero attached hydrogens (tertiary/aromatic N) is 3. The van der Waals surface area contributed by atoms with Gasteiger partial charge in [-0.25, -0.2) is 4.68 Å². The van der Waals surface area contributed by atoms with E-state index in [9.17, 15) is 18.0 Å². The average molecular weight is 415 g/mol. The van der Waals surface area contributed by atoms with E-state index in [-0.39, 0.29) is 23.8 Å². The van der Waals surface area contributed by atoms with Crippen molar-refractivity contribution < 1.29 is 17.9 Å². The number of nitrogens with one attached hydrogen (secondary N) is 2. The molecule has 10 heteroatoms. The highest BCUT2D eigenvalue weighted by Crippen LogP contribution is 2.20. The van der Waals surface area contributed by atoms with Crippen molar-refractivity contribution in [3.63, 3.8) is 0 Å². The number of H-pyrrole nitrogens is 1. The Kier molecular flexibility index (Phi) is 5.13. The molecule has 0 bridgehead atoms. The summed E-state index contributed by atoms with van der Waals surface area (Å²) in [6, 6.07) is 15.5. The smallest absolute Gasteiger partial charge is 0.422 e. The zero-order valence-corrected chi connectivity index (χ0v) is 15.5. The first kappa shape index (κ1) is 19.5. The molecule has 0 saturated heterocycles. The summed E-state index contributed by atoms with van der Waals surface area (Å²) < 4.78 is 43.3. The van der Waals surface area contributed by atoms with Gasteiger partial charge >= 0.3 is 6.18 Å². The molecule has 30 heavy (non-hydrogen) atoms. The summed E-state index contributed by atoms with van der Waals surface area (Å²) in [5.74, 6) is 0.317. The molecular formula is C20H16F3N5O2. The van der Waals surface area contributed by atoms with Crippen LogP contribution in [-0.2, 0) is 6.54 Å². The largest absolute Gasteiger partial charge is 0.484 e. The fourth-order valence-corrected chi connectivity index (χ4v) is 2.86. The van der Waals surface area contributed by atoms with Crippen molar-refractivity contribution in [2.75, 3.05) is 11.9 Å². The number of hydrogen-bond acceptors (Lipinski definition) is 5. The monoisotopic (exact) mass is 415 g/mol. The van der Waals surface area contributed by atoms with Gasteiger partial charge in [0.2, 0.25) is 5.95 Å². The SMILES string of the molecule is O=c1[nH]c(NCc2cccc(OCC(F)(F)F)c2)nc2c1cnn2-c1ccccc1. The van der Waals surface area contributed by atoms with Crippen LogP contribution < -0.4 is 15.6 Å². The third-order valence-corrected chi connectivity index (χ3v) is 4.20. The van der Waals surface area contributed by atoms with Gasteiger partial charge in [-0.3, -0.25) is 9.78 Å². The average Bonchev–Trinajstić information content (AvgIpc) is 3.16. The minimum atomic E-state index is -4.41. The number of aromatic amines is 1. The Morgan fingerprint density at radius 1 is 1.10 bits per heavy atom. The van der Waals surface area contributed by atoms with Crippen LogP contribution in [0.2, 0.25) is 0 Å². The van der Waals surface area contributed by atoms with Gasteiger partial charge < -0.3 is 10.1 Å². The molecule has 7 nitrogen and oxygen atoms in total. The molecule has 0 fully saturated rings. The van der Waals surface area contributed by atoms with E-state index >= 15 is 0 Å². The molecule has 2 N–H and O–H groups in total. The van der Waals surface area contributed by atoms with Gasteiger partial charge in [-0.2, -0.15) is 23.3 Å². The van der Waals surface area contributed by atoms with Gasteiger partial charge in [0.15, 0.2) is 12.3 Å². The van der Waals surface area contributed by atoms with E-state index in [1.54, 1.807) is 16.8 Å². The molecule has 4 rings (SSSR count). The molecule has 0 amide bonds. The Balaban J connectivity index is 1.54. The molecule has 154 valence electrons. The van der Waals surface area contributed by atoms with Gasteiger partial charge in [0.05, 0.1) is 11.9 Å². The Hall–Kier alpha value is -3.82. The molecule has 0 saturated carbocycles. The molecule has 4 aromatic rings. The first-order chi connectivity index (χ1) is 14.4. The van der Waals surface area contributed by atoms with E-state index in [1.807, 2.05) is 30.3 Å². The Labute approximate surface area is 168 Å². The third-order valence-electron chi connectivity index (χ3n) is 4.20. The van der Waals surface area contributed by atoms with Crippen LogP contribution in [0, 0.1) is 0 Å². The molecule has 0 aliphatic carbocycles. The Bertz CT molecular complexity index is 1220. The Morgan fingerprint density at radius 2 is 1.90 bits per heavy atom. The highest BCUT2D eigenvalue weighted by molar-refractivity contribution is 5.76. The summed E-state index contributed by atoms with van der Waals surface area (Å²) in [6.45, 7) is -1.14. The van der Waals surface area contributed by atoms with Gasteiger partial charge in [0.1, 0.15) is 11.1 Å². The highest BCUT2D eigenvalue weighted by Gasteiger charge is 2.28. The lowest BCUT2D eigenvalue weighted by Gasteiger charge is -2.11. The van der Waals surface area contributed by atoms with Crippen molar-refractivity contribution in [3.8, 4) is 11.4 Å². The molecule has 0 spiro atoms. The van der Waals surface area contributed by atoms with E-state index in [0.29, 0.717) is 16.6 Å². The topological polar surface area (TPSA) is 84.8 Å². The second-order valence-corrected chi connectivity index (χ2v) is 6.45. The molecule has 0 radical (unpaired) electrons. The summed E-state index contributed by atoms with van der Waals surface area (Å²) in [5, 5.41) is 7.55. The van der Waals surface area contributed by atoms with Crippen molar-refractivity contribution in [1.29, 1.82) is 0 Å². The van der Waals surface area contributed by atoms with Crippen LogP contribution in [0.4, 0.5) is 19.1 Å². The number of alkyl halides is 3.